The molecule has 1 aromatic heterocycles. The summed E-state index contributed by atoms with van der Waals surface area (Å²) in [6, 6.07) is 11.5. The molecule has 0 N–H and O–H groups in total. The first kappa shape index (κ1) is 25.0. The molecule has 3 aromatic rings. The molecule has 1 aliphatic heterocycles. The molecule has 35 heavy (non-hydrogen) atoms. The number of carbonyl (C=O) groups is 2. The third-order valence-electron chi connectivity index (χ3n) is 7.27. The number of amides is 2. The van der Waals surface area contributed by atoms with Gasteiger partial charge < -0.3 is 4.43 Å². The molecule has 0 spiro atoms. The molecule has 184 valence electrons. The minimum Gasteiger partial charge on any atom is -0.541 e. The first-order chi connectivity index (χ1) is 16.6. The number of halogens is 1. The van der Waals surface area contributed by atoms with Crippen LogP contribution >= 0.6 is 0 Å². The molecule has 5 nitrogen and oxygen atoms in total. The van der Waals surface area contributed by atoms with Crippen LogP contribution in [0.15, 0.2) is 48.7 Å². The molecule has 0 unspecified atom stereocenters. The standard InChI is InChI=1S/C28H33FN2O3Si/c1-17(2)35(18(3)4,19(5)6)34-27-25-22(14-21-8-7-13-30-26(21)27)15-24(32)31(28(25)33)16-20-9-11-23(29)12-10-20/h7-14,17-19H,15-16H2,1-6H3. The van der Waals surface area contributed by atoms with Crippen LogP contribution in [0.5, 0.6) is 5.75 Å². The van der Waals surface area contributed by atoms with Crippen molar-refractivity contribution in [1.29, 1.82) is 0 Å². The van der Waals surface area contributed by atoms with Gasteiger partial charge in [-0.2, -0.15) is 0 Å². The Kier molecular flexibility index (Phi) is 6.82. The molecule has 4 rings (SSSR count). The van der Waals surface area contributed by atoms with Gasteiger partial charge in [0, 0.05) is 11.6 Å². The fourth-order valence-electron chi connectivity index (χ4n) is 5.69. The highest BCUT2D eigenvalue weighted by Crippen LogP contribution is 2.46. The predicted octanol–water partition coefficient (Wildman–Crippen LogP) is 6.65. The first-order valence-electron chi connectivity index (χ1n) is 12.2. The fourth-order valence-corrected chi connectivity index (χ4v) is 10.9. The van der Waals surface area contributed by atoms with Crippen molar-refractivity contribution in [2.75, 3.05) is 0 Å². The molecule has 0 aliphatic carbocycles. The Morgan fingerprint density at radius 1 is 1.00 bits per heavy atom. The van der Waals surface area contributed by atoms with Gasteiger partial charge in [0.25, 0.3) is 14.2 Å². The van der Waals surface area contributed by atoms with Gasteiger partial charge in [0.05, 0.1) is 18.5 Å². The Labute approximate surface area is 207 Å². The van der Waals surface area contributed by atoms with Crippen molar-refractivity contribution in [3.05, 3.63) is 71.2 Å². The average molecular weight is 493 g/mol. The maximum Gasteiger partial charge on any atom is 0.264 e. The van der Waals surface area contributed by atoms with Crippen LogP contribution < -0.4 is 4.43 Å². The summed E-state index contributed by atoms with van der Waals surface area (Å²) in [6.07, 6.45) is 1.81. The van der Waals surface area contributed by atoms with Crippen LogP contribution in [-0.2, 0) is 17.8 Å². The van der Waals surface area contributed by atoms with Gasteiger partial charge in [-0.3, -0.25) is 19.5 Å². The van der Waals surface area contributed by atoms with Gasteiger partial charge in [-0.05, 0) is 52.0 Å². The molecule has 2 heterocycles. The van der Waals surface area contributed by atoms with E-state index in [0.717, 1.165) is 5.39 Å². The van der Waals surface area contributed by atoms with Gasteiger partial charge in [0.15, 0.2) is 0 Å². The van der Waals surface area contributed by atoms with Crippen molar-refractivity contribution in [3.63, 3.8) is 0 Å². The van der Waals surface area contributed by atoms with E-state index in [1.165, 1.54) is 17.0 Å². The molecule has 7 heteroatoms. The number of aromatic nitrogens is 1. The van der Waals surface area contributed by atoms with Crippen LogP contribution in [0.4, 0.5) is 4.39 Å². The van der Waals surface area contributed by atoms with Crippen molar-refractivity contribution in [2.45, 2.75) is 71.1 Å². The largest absolute Gasteiger partial charge is 0.541 e. The van der Waals surface area contributed by atoms with Crippen LogP contribution in [0.3, 0.4) is 0 Å². The summed E-state index contributed by atoms with van der Waals surface area (Å²) < 4.78 is 20.5. The average Bonchev–Trinajstić information content (AvgIpc) is 2.80. The normalized spacial score (nSPS) is 14.4. The molecule has 0 atom stereocenters. The summed E-state index contributed by atoms with van der Waals surface area (Å²) in [5.41, 5.74) is 3.33. The molecule has 2 aromatic carbocycles. The molecule has 0 saturated heterocycles. The van der Waals surface area contributed by atoms with Crippen molar-refractivity contribution in [2.24, 2.45) is 0 Å². The van der Waals surface area contributed by atoms with E-state index in [0.29, 0.717) is 44.6 Å². The van der Waals surface area contributed by atoms with Crippen LogP contribution in [0, 0.1) is 5.82 Å². The highest BCUT2D eigenvalue weighted by atomic mass is 28.4. The first-order valence-corrected chi connectivity index (χ1v) is 14.4. The lowest BCUT2D eigenvalue weighted by molar-refractivity contribution is -0.128. The van der Waals surface area contributed by atoms with E-state index in [-0.39, 0.29) is 30.6 Å². The SMILES string of the molecule is CC(C)[Si](Oc1c2c(cc3cccnc13)CC(=O)N(Cc1ccc(F)cc1)C2=O)(C(C)C)C(C)C. The zero-order chi connectivity index (χ0) is 25.5. The van der Waals surface area contributed by atoms with E-state index in [1.807, 2.05) is 18.2 Å². The van der Waals surface area contributed by atoms with E-state index < -0.39 is 8.32 Å². The summed E-state index contributed by atoms with van der Waals surface area (Å²) >= 11 is 0. The summed E-state index contributed by atoms with van der Waals surface area (Å²) in [6.45, 7) is 13.3. The summed E-state index contributed by atoms with van der Waals surface area (Å²) in [5.74, 6) is -0.521. The second kappa shape index (κ2) is 9.53. The van der Waals surface area contributed by atoms with Gasteiger partial charge >= 0.3 is 0 Å². The zero-order valence-corrected chi connectivity index (χ0v) is 22.3. The second-order valence-corrected chi connectivity index (χ2v) is 15.7. The Bertz CT molecular complexity index is 1250. The van der Waals surface area contributed by atoms with E-state index in [1.54, 1.807) is 18.3 Å². The van der Waals surface area contributed by atoms with E-state index in [2.05, 4.69) is 46.5 Å². The lowest BCUT2D eigenvalue weighted by Crippen LogP contribution is -2.51. The smallest absolute Gasteiger partial charge is 0.264 e. The fraction of sp³-hybridized carbons (Fsp3) is 0.393. The second-order valence-electron chi connectivity index (χ2n) is 10.3. The van der Waals surface area contributed by atoms with Gasteiger partial charge in [-0.1, -0.05) is 59.7 Å². The predicted molar refractivity (Wildman–Crippen MR) is 138 cm³/mol. The van der Waals surface area contributed by atoms with E-state index in [4.69, 9.17) is 4.43 Å². The van der Waals surface area contributed by atoms with E-state index >= 15 is 0 Å². The third-order valence-corrected chi connectivity index (χ3v) is 13.2. The Morgan fingerprint density at radius 2 is 1.63 bits per heavy atom. The number of hydrogen-bond acceptors (Lipinski definition) is 4. The molecular formula is C28H33FN2O3Si. The summed E-state index contributed by atoms with van der Waals surface area (Å²) in [4.78, 5) is 32.9. The lowest BCUT2D eigenvalue weighted by Gasteiger charge is -2.43. The van der Waals surface area contributed by atoms with Crippen molar-refractivity contribution >= 4 is 31.0 Å². The van der Waals surface area contributed by atoms with Crippen LogP contribution in [-0.4, -0.2) is 30.0 Å². The Balaban J connectivity index is 1.89. The molecule has 2 amide bonds. The summed E-state index contributed by atoms with van der Waals surface area (Å²) in [5, 5.41) is 0.855. The van der Waals surface area contributed by atoms with Gasteiger partial charge in [0.2, 0.25) is 5.91 Å². The summed E-state index contributed by atoms with van der Waals surface area (Å²) in [7, 11) is -2.43. The van der Waals surface area contributed by atoms with Gasteiger partial charge in [-0.15, -0.1) is 0 Å². The zero-order valence-electron chi connectivity index (χ0n) is 21.3. The molecule has 0 saturated carbocycles. The van der Waals surface area contributed by atoms with Crippen molar-refractivity contribution < 1.29 is 18.4 Å². The van der Waals surface area contributed by atoms with Crippen molar-refractivity contribution in [1.82, 2.24) is 9.88 Å². The number of benzene rings is 2. The number of imide groups is 1. The molecule has 0 radical (unpaired) electrons. The van der Waals surface area contributed by atoms with Gasteiger partial charge in [-0.25, -0.2) is 4.39 Å². The monoisotopic (exact) mass is 492 g/mol. The number of fused-ring (bicyclic) bond motifs is 2. The Morgan fingerprint density at radius 3 is 2.23 bits per heavy atom. The quantitative estimate of drug-likeness (QED) is 0.274. The minimum atomic E-state index is -2.43. The highest BCUT2D eigenvalue weighted by molar-refractivity contribution is 6.78. The van der Waals surface area contributed by atoms with Crippen LogP contribution in [0.1, 0.15) is 63.0 Å². The highest BCUT2D eigenvalue weighted by Gasteiger charge is 2.48. The van der Waals surface area contributed by atoms with E-state index in [9.17, 15) is 14.0 Å². The molecule has 0 fully saturated rings. The van der Waals surface area contributed by atoms with Crippen LogP contribution in [0.25, 0.3) is 10.9 Å². The number of rotatable bonds is 7. The van der Waals surface area contributed by atoms with Crippen molar-refractivity contribution in [3.8, 4) is 5.75 Å². The molecule has 1 aliphatic rings. The number of carbonyl (C=O) groups excluding carboxylic acids is 2. The lowest BCUT2D eigenvalue weighted by atomic mass is 9.94. The Hall–Kier alpha value is -3.06. The topological polar surface area (TPSA) is 59.5 Å². The maximum atomic E-state index is 13.9. The number of nitrogens with zero attached hydrogens (tertiary/aromatic N) is 2. The number of hydrogen-bond donors (Lipinski definition) is 0. The third kappa shape index (κ3) is 4.38. The molecule has 0 bridgehead atoms. The maximum absolute atomic E-state index is 13.9. The molecular weight excluding hydrogens is 459 g/mol. The number of pyridine rings is 1. The minimum absolute atomic E-state index is 0.0815. The van der Waals surface area contributed by atoms with Crippen LogP contribution in [0.2, 0.25) is 16.6 Å². The van der Waals surface area contributed by atoms with Gasteiger partial charge in [0.1, 0.15) is 17.1 Å².